The van der Waals surface area contributed by atoms with Gasteiger partial charge in [0.2, 0.25) is 0 Å². The Labute approximate surface area is 482 Å². The molecule has 0 aliphatic carbocycles. The average molecular weight is 1070 g/mol. The fourth-order valence-corrected chi connectivity index (χ4v) is 12.0. The zero-order chi connectivity index (χ0) is 57.2. The molecule has 1 aliphatic heterocycles. The molecule has 0 bridgehead atoms. The van der Waals surface area contributed by atoms with E-state index in [1.54, 1.807) is 0 Å². The van der Waals surface area contributed by atoms with E-state index in [1.165, 1.54) is 66.7 Å². The summed E-state index contributed by atoms with van der Waals surface area (Å²) in [7, 11) is 0. The van der Waals surface area contributed by atoms with Gasteiger partial charge in [-0.05, 0) is 145 Å². The SMILES string of the molecule is CC(C)c1cccc(C(C)C)c1-c1cc(Oc2ccc3c4cc(C(C)(C)c5ccccc5)ccc4n(-c4cc(C(C)(C)c5ccccc5)ccn4)c3c2)cc(N2C=C(c3ccccc3)N(c3cc(C(C)(C)C)cc(C(C)(C)C)c3)C2)c1. The van der Waals surface area contributed by atoms with Gasteiger partial charge >= 0.3 is 0 Å². The highest BCUT2D eigenvalue weighted by Gasteiger charge is 2.31. The number of ether oxygens (including phenoxy) is 1. The Morgan fingerprint density at radius 1 is 0.432 bits per heavy atom. The first kappa shape index (κ1) is 54.8. The smallest absolute Gasteiger partial charge is 0.137 e. The maximum Gasteiger partial charge on any atom is 0.137 e. The number of anilines is 2. The molecule has 0 unspecified atom stereocenters. The number of benzene rings is 8. The van der Waals surface area contributed by atoms with E-state index in [4.69, 9.17) is 9.72 Å². The largest absolute Gasteiger partial charge is 0.457 e. The normalized spacial score (nSPS) is 13.5. The summed E-state index contributed by atoms with van der Waals surface area (Å²) in [5.74, 6) is 2.99. The van der Waals surface area contributed by atoms with E-state index in [0.29, 0.717) is 18.5 Å². The molecule has 8 aromatic carbocycles. The van der Waals surface area contributed by atoms with Gasteiger partial charge in [-0.25, -0.2) is 4.98 Å². The van der Waals surface area contributed by atoms with Gasteiger partial charge in [0, 0.05) is 57.5 Å². The summed E-state index contributed by atoms with van der Waals surface area (Å²) >= 11 is 0. The zero-order valence-electron chi connectivity index (χ0n) is 50.2. The van der Waals surface area contributed by atoms with Crippen LogP contribution in [0, 0.1) is 0 Å². The monoisotopic (exact) mass is 1060 g/mol. The number of aromatic nitrogens is 2. The molecule has 11 rings (SSSR count). The summed E-state index contributed by atoms with van der Waals surface area (Å²) in [5.41, 5.74) is 18.8. The van der Waals surface area contributed by atoms with E-state index in [2.05, 4.69) is 312 Å². The summed E-state index contributed by atoms with van der Waals surface area (Å²) in [6.45, 7) is 33.0. The quantitative estimate of drug-likeness (QED) is 0.115. The fraction of sp³-hybridized carbons (Fsp3) is 0.276. The second kappa shape index (κ2) is 21.1. The van der Waals surface area contributed by atoms with Gasteiger partial charge < -0.3 is 14.5 Å². The Kier molecular flexibility index (Phi) is 14.2. The predicted octanol–water partition coefficient (Wildman–Crippen LogP) is 20.4. The highest BCUT2D eigenvalue weighted by Crippen LogP contribution is 2.46. The van der Waals surface area contributed by atoms with Crippen LogP contribution in [0.15, 0.2) is 207 Å². The number of rotatable bonds is 13. The molecule has 0 saturated heterocycles. The van der Waals surface area contributed by atoms with Gasteiger partial charge in [0.05, 0.1) is 23.4 Å². The first-order chi connectivity index (χ1) is 38.6. The third-order valence-electron chi connectivity index (χ3n) is 17.2. The van der Waals surface area contributed by atoms with Crippen molar-refractivity contribution in [3.05, 3.63) is 257 Å². The van der Waals surface area contributed by atoms with Crippen LogP contribution in [0.2, 0.25) is 0 Å². The van der Waals surface area contributed by atoms with Crippen LogP contribution in [0.3, 0.4) is 0 Å². The molecule has 0 N–H and O–H groups in total. The van der Waals surface area contributed by atoms with Crippen molar-refractivity contribution in [2.75, 3.05) is 16.5 Å². The molecule has 5 nitrogen and oxygen atoms in total. The number of hydrogen-bond acceptors (Lipinski definition) is 4. The molecule has 0 atom stereocenters. The summed E-state index contributed by atoms with van der Waals surface area (Å²) in [4.78, 5) is 10.1. The van der Waals surface area contributed by atoms with E-state index in [9.17, 15) is 0 Å². The Bertz CT molecular complexity index is 3900. The molecule has 0 saturated carbocycles. The average Bonchev–Trinajstić information content (AvgIpc) is 4.06. The van der Waals surface area contributed by atoms with Crippen LogP contribution in [-0.2, 0) is 21.7 Å². The highest BCUT2D eigenvalue weighted by atomic mass is 16.5. The lowest BCUT2D eigenvalue weighted by atomic mass is 9.78. The van der Waals surface area contributed by atoms with Gasteiger partial charge in [0.15, 0.2) is 0 Å². The van der Waals surface area contributed by atoms with Crippen LogP contribution in [0.5, 0.6) is 11.5 Å². The van der Waals surface area contributed by atoms with Crippen LogP contribution in [0.25, 0.3) is 44.4 Å². The van der Waals surface area contributed by atoms with Crippen molar-refractivity contribution in [1.82, 2.24) is 9.55 Å². The molecule has 81 heavy (non-hydrogen) atoms. The van der Waals surface area contributed by atoms with Crippen LogP contribution >= 0.6 is 0 Å². The molecule has 0 fully saturated rings. The summed E-state index contributed by atoms with van der Waals surface area (Å²) < 4.78 is 9.68. The van der Waals surface area contributed by atoms with Crippen LogP contribution in [0.1, 0.15) is 159 Å². The minimum atomic E-state index is -0.263. The van der Waals surface area contributed by atoms with Crippen LogP contribution in [-0.4, -0.2) is 16.2 Å². The predicted molar refractivity (Wildman–Crippen MR) is 344 cm³/mol. The molecule has 1 aliphatic rings. The molecule has 0 amide bonds. The lowest BCUT2D eigenvalue weighted by Crippen LogP contribution is -2.27. The van der Waals surface area contributed by atoms with Crippen molar-refractivity contribution in [2.24, 2.45) is 0 Å². The molecule has 410 valence electrons. The van der Waals surface area contributed by atoms with E-state index in [0.717, 1.165) is 50.7 Å². The molecule has 0 radical (unpaired) electrons. The first-order valence-electron chi connectivity index (χ1n) is 29.2. The Balaban J connectivity index is 1.09. The standard InChI is InChI=1S/C76H80N4O/c1-50(2)64-31-24-32-65(51(3)4)72(64)53-39-60(78-48-70(52-25-18-15-19-26-52)79(49-78)61-42-58(73(5,6)7)41-59(43-61)74(8,9)10)46-63(40-53)81-62-34-35-66-67-44-56(75(11,12)54-27-20-16-21-28-54)33-36-68(67)80(69(66)47-62)71-45-57(37-38-77-71)76(13,14)55-29-22-17-23-30-55/h15-48,50-51H,49H2,1-14H3. The Hall–Kier alpha value is -8.15. The topological polar surface area (TPSA) is 33.5 Å². The van der Waals surface area contributed by atoms with Crippen molar-refractivity contribution in [1.29, 1.82) is 0 Å². The number of hydrogen-bond donors (Lipinski definition) is 0. The van der Waals surface area contributed by atoms with E-state index in [1.807, 2.05) is 6.20 Å². The van der Waals surface area contributed by atoms with E-state index < -0.39 is 0 Å². The van der Waals surface area contributed by atoms with Crippen molar-refractivity contribution in [2.45, 2.75) is 130 Å². The molecule has 2 aromatic heterocycles. The van der Waals surface area contributed by atoms with Gasteiger partial charge in [0.25, 0.3) is 0 Å². The van der Waals surface area contributed by atoms with E-state index >= 15 is 0 Å². The summed E-state index contributed by atoms with van der Waals surface area (Å²) in [6.07, 6.45) is 4.31. The van der Waals surface area contributed by atoms with Gasteiger partial charge in [-0.1, -0.05) is 218 Å². The lowest BCUT2D eigenvalue weighted by Gasteiger charge is -2.30. The third-order valence-corrected chi connectivity index (χ3v) is 17.2. The summed E-state index contributed by atoms with van der Waals surface area (Å²) in [6, 6.07) is 71.5. The fourth-order valence-electron chi connectivity index (χ4n) is 12.0. The lowest BCUT2D eigenvalue weighted by molar-refractivity contribution is 0.483. The summed E-state index contributed by atoms with van der Waals surface area (Å²) in [5, 5.41) is 2.31. The minimum Gasteiger partial charge on any atom is -0.457 e. The van der Waals surface area contributed by atoms with Crippen molar-refractivity contribution < 1.29 is 4.74 Å². The third kappa shape index (κ3) is 10.6. The molecule has 3 heterocycles. The maximum absolute atomic E-state index is 7.34. The Morgan fingerprint density at radius 3 is 1.59 bits per heavy atom. The van der Waals surface area contributed by atoms with Gasteiger partial charge in [-0.3, -0.25) is 4.57 Å². The molecule has 0 spiro atoms. The van der Waals surface area contributed by atoms with Crippen LogP contribution < -0.4 is 14.5 Å². The van der Waals surface area contributed by atoms with Crippen molar-refractivity contribution >= 4 is 38.9 Å². The number of pyridine rings is 1. The number of fused-ring (bicyclic) bond motifs is 3. The van der Waals surface area contributed by atoms with Gasteiger partial charge in [-0.15, -0.1) is 0 Å². The second-order valence-electron chi connectivity index (χ2n) is 26.3. The molecular formula is C76H80N4O. The van der Waals surface area contributed by atoms with Crippen LogP contribution in [0.4, 0.5) is 11.4 Å². The van der Waals surface area contributed by atoms with Crippen molar-refractivity contribution in [3.8, 4) is 28.4 Å². The van der Waals surface area contributed by atoms with Gasteiger partial charge in [0.1, 0.15) is 17.3 Å². The molecule has 10 aromatic rings. The van der Waals surface area contributed by atoms with E-state index in [-0.39, 0.29) is 21.7 Å². The number of nitrogens with zero attached hydrogens (tertiary/aromatic N) is 4. The molecular weight excluding hydrogens is 985 g/mol. The molecule has 5 heteroatoms. The highest BCUT2D eigenvalue weighted by molar-refractivity contribution is 6.10. The second-order valence-corrected chi connectivity index (χ2v) is 26.3. The van der Waals surface area contributed by atoms with Gasteiger partial charge in [-0.2, -0.15) is 0 Å². The maximum atomic E-state index is 7.34. The zero-order valence-corrected chi connectivity index (χ0v) is 50.2. The minimum absolute atomic E-state index is 0.0377. The van der Waals surface area contributed by atoms with Crippen molar-refractivity contribution in [3.63, 3.8) is 0 Å². The Morgan fingerprint density at radius 2 is 1.01 bits per heavy atom. The first-order valence-corrected chi connectivity index (χ1v) is 29.2.